The van der Waals surface area contributed by atoms with Crippen molar-refractivity contribution in [3.63, 3.8) is 0 Å². The summed E-state index contributed by atoms with van der Waals surface area (Å²) in [4.78, 5) is 8.87. The molecule has 0 unspecified atom stereocenters. The highest BCUT2D eigenvalue weighted by Gasteiger charge is 2.12. The molecule has 1 N–H and O–H groups in total. The Morgan fingerprint density at radius 2 is 1.67 bits per heavy atom. The van der Waals surface area contributed by atoms with Gasteiger partial charge in [0, 0.05) is 24.4 Å². The number of rotatable bonds is 0. The predicted molar refractivity (Wildman–Crippen MR) is 63.1 cm³/mol. The van der Waals surface area contributed by atoms with Crippen LogP contribution in [0.1, 0.15) is 36.6 Å². The Kier molecular flexibility index (Phi) is 4.69. The van der Waals surface area contributed by atoms with Gasteiger partial charge in [-0.2, -0.15) is 0 Å². The van der Waals surface area contributed by atoms with E-state index in [4.69, 9.17) is 0 Å². The van der Waals surface area contributed by atoms with Gasteiger partial charge in [0.15, 0.2) is 0 Å². The highest BCUT2D eigenvalue weighted by Crippen LogP contribution is 2.13. The second-order valence-electron chi connectivity index (χ2n) is 3.53. The molecule has 0 bridgehead atoms. The van der Waals surface area contributed by atoms with E-state index in [9.17, 15) is 0 Å². The van der Waals surface area contributed by atoms with Gasteiger partial charge in [0.1, 0.15) is 5.82 Å². The first-order valence-corrected chi connectivity index (χ1v) is 5.81. The molecule has 0 aliphatic carbocycles. The summed E-state index contributed by atoms with van der Waals surface area (Å²) in [6, 6.07) is 0. The molecule has 0 fully saturated rings. The molecule has 3 nitrogen and oxygen atoms in total. The first-order chi connectivity index (χ1) is 7.27. The van der Waals surface area contributed by atoms with Gasteiger partial charge in [-0.25, -0.2) is 9.97 Å². The topological polar surface area (TPSA) is 37.8 Å². The number of hydrogen-bond acceptors (Lipinski definition) is 3. The van der Waals surface area contributed by atoms with Crippen LogP contribution in [0.2, 0.25) is 0 Å². The molecule has 0 atom stereocenters. The first-order valence-electron chi connectivity index (χ1n) is 5.81. The summed E-state index contributed by atoms with van der Waals surface area (Å²) in [6.45, 7) is 10.1. The van der Waals surface area contributed by atoms with Crippen LogP contribution >= 0.6 is 0 Å². The number of hydrogen-bond donors (Lipinski definition) is 1. The summed E-state index contributed by atoms with van der Waals surface area (Å²) in [5.74, 6) is 0.901. The van der Waals surface area contributed by atoms with Gasteiger partial charge in [-0.3, -0.25) is 0 Å². The first kappa shape index (κ1) is 12.1. The Bertz CT molecular complexity index is 321. The van der Waals surface area contributed by atoms with Crippen LogP contribution in [0.3, 0.4) is 0 Å². The molecule has 0 aromatic carbocycles. The third kappa shape index (κ3) is 2.99. The van der Waals surface area contributed by atoms with Crippen molar-refractivity contribution in [2.75, 3.05) is 13.1 Å². The van der Waals surface area contributed by atoms with Gasteiger partial charge in [0.05, 0.1) is 0 Å². The van der Waals surface area contributed by atoms with Crippen LogP contribution in [0.15, 0.2) is 0 Å². The number of aryl methyl sites for hydroxylation is 2. The minimum Gasteiger partial charge on any atom is -0.316 e. The summed E-state index contributed by atoms with van der Waals surface area (Å²) < 4.78 is 0. The molecule has 0 saturated heterocycles. The molecule has 15 heavy (non-hydrogen) atoms. The molecule has 1 aliphatic heterocycles. The van der Waals surface area contributed by atoms with Crippen molar-refractivity contribution >= 4 is 0 Å². The van der Waals surface area contributed by atoms with E-state index in [1.807, 2.05) is 20.8 Å². The van der Waals surface area contributed by atoms with Gasteiger partial charge >= 0.3 is 0 Å². The van der Waals surface area contributed by atoms with Gasteiger partial charge in [-0.15, -0.1) is 0 Å². The lowest BCUT2D eigenvalue weighted by Crippen LogP contribution is -2.16. The zero-order chi connectivity index (χ0) is 11.3. The van der Waals surface area contributed by atoms with Crippen LogP contribution in [-0.2, 0) is 12.8 Å². The van der Waals surface area contributed by atoms with Gasteiger partial charge in [0.25, 0.3) is 0 Å². The number of fused-ring (bicyclic) bond motifs is 1. The molecule has 1 aromatic rings. The maximum atomic E-state index is 4.48. The average molecular weight is 207 g/mol. The average Bonchev–Trinajstić information content (AvgIpc) is 2.46. The molecule has 0 amide bonds. The second-order valence-corrected chi connectivity index (χ2v) is 3.53. The maximum absolute atomic E-state index is 4.48. The molecule has 3 heteroatoms. The van der Waals surface area contributed by atoms with Crippen molar-refractivity contribution in [3.05, 3.63) is 22.8 Å². The molecule has 2 rings (SSSR count). The third-order valence-corrected chi connectivity index (χ3v) is 2.50. The summed E-state index contributed by atoms with van der Waals surface area (Å²) in [6.07, 6.45) is 2.11. The van der Waals surface area contributed by atoms with Crippen molar-refractivity contribution in [2.24, 2.45) is 0 Å². The molecule has 2 heterocycles. The van der Waals surface area contributed by atoms with Gasteiger partial charge in [-0.1, -0.05) is 13.8 Å². The minimum atomic E-state index is 0.901. The van der Waals surface area contributed by atoms with Crippen molar-refractivity contribution in [2.45, 2.75) is 40.5 Å². The SMILES string of the molecule is CC.Cc1nc(C)c2c(n1)CCNCC2. The molecule has 0 radical (unpaired) electrons. The zero-order valence-electron chi connectivity index (χ0n) is 10.2. The molecule has 0 spiro atoms. The zero-order valence-corrected chi connectivity index (χ0v) is 10.2. The monoisotopic (exact) mass is 207 g/mol. The maximum Gasteiger partial charge on any atom is 0.125 e. The molecular formula is C12H21N3. The summed E-state index contributed by atoms with van der Waals surface area (Å²) in [7, 11) is 0. The van der Waals surface area contributed by atoms with Gasteiger partial charge < -0.3 is 5.32 Å². The summed E-state index contributed by atoms with van der Waals surface area (Å²) in [5.41, 5.74) is 3.76. The van der Waals surface area contributed by atoms with Crippen LogP contribution in [0.25, 0.3) is 0 Å². The lowest BCUT2D eigenvalue weighted by Gasteiger charge is -2.07. The van der Waals surface area contributed by atoms with Crippen molar-refractivity contribution in [1.82, 2.24) is 15.3 Å². The van der Waals surface area contributed by atoms with Crippen molar-refractivity contribution < 1.29 is 0 Å². The van der Waals surface area contributed by atoms with E-state index < -0.39 is 0 Å². The van der Waals surface area contributed by atoms with E-state index in [1.165, 1.54) is 11.3 Å². The van der Waals surface area contributed by atoms with E-state index in [2.05, 4.69) is 22.2 Å². The van der Waals surface area contributed by atoms with Crippen LogP contribution in [0.4, 0.5) is 0 Å². The number of aromatic nitrogens is 2. The molecule has 0 saturated carbocycles. The Balaban J connectivity index is 0.000000531. The quantitative estimate of drug-likeness (QED) is 0.705. The van der Waals surface area contributed by atoms with Crippen molar-refractivity contribution in [3.8, 4) is 0 Å². The van der Waals surface area contributed by atoms with Gasteiger partial charge in [0.2, 0.25) is 0 Å². The summed E-state index contributed by atoms with van der Waals surface area (Å²) >= 11 is 0. The standard InChI is InChI=1S/C10H15N3.C2H6/c1-7-9-3-5-11-6-4-10(9)13-8(2)12-7;1-2/h11H,3-6H2,1-2H3;1-2H3. The Hall–Kier alpha value is -0.960. The lowest BCUT2D eigenvalue weighted by atomic mass is 10.1. The van der Waals surface area contributed by atoms with E-state index in [0.717, 1.165) is 37.4 Å². The van der Waals surface area contributed by atoms with E-state index in [-0.39, 0.29) is 0 Å². The highest BCUT2D eigenvalue weighted by molar-refractivity contribution is 5.26. The van der Waals surface area contributed by atoms with E-state index >= 15 is 0 Å². The smallest absolute Gasteiger partial charge is 0.125 e. The van der Waals surface area contributed by atoms with E-state index in [0.29, 0.717) is 0 Å². The Morgan fingerprint density at radius 3 is 2.40 bits per heavy atom. The fraction of sp³-hybridized carbons (Fsp3) is 0.667. The van der Waals surface area contributed by atoms with E-state index in [1.54, 1.807) is 0 Å². The van der Waals surface area contributed by atoms with Crippen LogP contribution < -0.4 is 5.32 Å². The highest BCUT2D eigenvalue weighted by atomic mass is 14.9. The second kappa shape index (κ2) is 5.81. The Morgan fingerprint density at radius 1 is 1.00 bits per heavy atom. The van der Waals surface area contributed by atoms with Gasteiger partial charge in [-0.05, 0) is 32.4 Å². The predicted octanol–water partition coefficient (Wildman–Crippen LogP) is 1.81. The number of nitrogens with zero attached hydrogens (tertiary/aromatic N) is 2. The molecule has 84 valence electrons. The minimum absolute atomic E-state index is 0.901. The van der Waals surface area contributed by atoms with Crippen LogP contribution in [-0.4, -0.2) is 23.1 Å². The summed E-state index contributed by atoms with van der Waals surface area (Å²) in [5, 5.41) is 3.37. The lowest BCUT2D eigenvalue weighted by molar-refractivity contribution is 0.708. The molecular weight excluding hydrogens is 186 g/mol. The van der Waals surface area contributed by atoms with Crippen LogP contribution in [0, 0.1) is 13.8 Å². The Labute approximate surface area is 92.3 Å². The normalized spacial score (nSPS) is 14.7. The molecule has 1 aromatic heterocycles. The third-order valence-electron chi connectivity index (χ3n) is 2.50. The van der Waals surface area contributed by atoms with Crippen LogP contribution in [0.5, 0.6) is 0 Å². The van der Waals surface area contributed by atoms with Crippen molar-refractivity contribution in [1.29, 1.82) is 0 Å². The number of nitrogens with one attached hydrogen (secondary N) is 1. The fourth-order valence-electron chi connectivity index (χ4n) is 1.88. The largest absolute Gasteiger partial charge is 0.316 e. The molecule has 1 aliphatic rings. The fourth-order valence-corrected chi connectivity index (χ4v) is 1.88.